The van der Waals surface area contributed by atoms with Gasteiger partial charge in [-0.05, 0) is 30.3 Å². The summed E-state index contributed by atoms with van der Waals surface area (Å²) in [5.74, 6) is 1.78. The summed E-state index contributed by atoms with van der Waals surface area (Å²) >= 11 is 13.3. The van der Waals surface area contributed by atoms with Gasteiger partial charge in [0.2, 0.25) is 4.96 Å². The molecular weight excluding hydrogens is 359 g/mol. The standard InChI is InChI=1S/C14H8Cl2N4O2S/c15-8-3-4-10(9(16)6-8)22-7-12-17-18-14-20(12)19-13(23-14)11-2-1-5-21-11/h1-6H,7H2. The van der Waals surface area contributed by atoms with E-state index in [0.29, 0.717) is 32.3 Å². The third-order valence-electron chi connectivity index (χ3n) is 3.04. The molecule has 0 saturated carbocycles. The Morgan fingerprint density at radius 2 is 2.13 bits per heavy atom. The maximum Gasteiger partial charge on any atom is 0.235 e. The number of rotatable bonds is 4. The molecule has 0 aliphatic heterocycles. The van der Waals surface area contributed by atoms with Crippen LogP contribution in [0.1, 0.15) is 5.82 Å². The van der Waals surface area contributed by atoms with Gasteiger partial charge in [-0.2, -0.15) is 4.52 Å². The predicted molar refractivity (Wildman–Crippen MR) is 87.2 cm³/mol. The topological polar surface area (TPSA) is 65.5 Å². The third-order valence-corrected chi connectivity index (χ3v) is 4.48. The first-order valence-corrected chi connectivity index (χ1v) is 8.11. The van der Waals surface area contributed by atoms with E-state index in [-0.39, 0.29) is 6.61 Å². The van der Waals surface area contributed by atoms with Crippen LogP contribution in [0.25, 0.3) is 15.7 Å². The molecule has 0 saturated heterocycles. The molecule has 0 fully saturated rings. The van der Waals surface area contributed by atoms with Gasteiger partial charge >= 0.3 is 0 Å². The molecule has 0 spiro atoms. The smallest absolute Gasteiger partial charge is 0.235 e. The molecule has 9 heteroatoms. The Morgan fingerprint density at radius 1 is 1.22 bits per heavy atom. The summed E-state index contributed by atoms with van der Waals surface area (Å²) in [5, 5.41) is 14.3. The number of aromatic nitrogens is 4. The van der Waals surface area contributed by atoms with Crippen molar-refractivity contribution in [2.24, 2.45) is 0 Å². The summed E-state index contributed by atoms with van der Waals surface area (Å²) in [7, 11) is 0. The largest absolute Gasteiger partial charge is 0.484 e. The zero-order chi connectivity index (χ0) is 15.8. The van der Waals surface area contributed by atoms with Gasteiger partial charge in [0.1, 0.15) is 12.4 Å². The number of furan rings is 1. The van der Waals surface area contributed by atoms with E-state index in [1.54, 1.807) is 29.0 Å². The van der Waals surface area contributed by atoms with Gasteiger partial charge < -0.3 is 9.15 Å². The minimum absolute atomic E-state index is 0.184. The molecule has 0 amide bonds. The lowest BCUT2D eigenvalue weighted by Crippen LogP contribution is -2.02. The lowest BCUT2D eigenvalue weighted by molar-refractivity contribution is 0.293. The van der Waals surface area contributed by atoms with E-state index in [1.165, 1.54) is 11.3 Å². The Labute approximate surface area is 144 Å². The van der Waals surface area contributed by atoms with Crippen LogP contribution in [0.4, 0.5) is 0 Å². The molecule has 3 heterocycles. The first-order valence-electron chi connectivity index (χ1n) is 6.53. The molecule has 0 radical (unpaired) electrons. The van der Waals surface area contributed by atoms with E-state index in [9.17, 15) is 0 Å². The van der Waals surface area contributed by atoms with E-state index in [0.717, 1.165) is 5.01 Å². The Bertz CT molecular complexity index is 965. The minimum Gasteiger partial charge on any atom is -0.484 e. The van der Waals surface area contributed by atoms with Crippen molar-refractivity contribution in [3.05, 3.63) is 52.5 Å². The minimum atomic E-state index is 0.184. The highest BCUT2D eigenvalue weighted by Gasteiger charge is 2.15. The second-order valence-corrected chi connectivity index (χ2v) is 6.36. The molecule has 0 bridgehead atoms. The highest BCUT2D eigenvalue weighted by molar-refractivity contribution is 7.19. The van der Waals surface area contributed by atoms with Crippen molar-refractivity contribution in [1.82, 2.24) is 19.8 Å². The zero-order valence-corrected chi connectivity index (χ0v) is 13.8. The highest BCUT2D eigenvalue weighted by atomic mass is 35.5. The first kappa shape index (κ1) is 14.5. The Morgan fingerprint density at radius 3 is 2.91 bits per heavy atom. The number of hydrogen-bond donors (Lipinski definition) is 0. The monoisotopic (exact) mass is 366 g/mol. The Balaban J connectivity index is 1.59. The second kappa shape index (κ2) is 5.84. The molecule has 6 nitrogen and oxygen atoms in total. The van der Waals surface area contributed by atoms with Crippen LogP contribution in [-0.2, 0) is 6.61 Å². The quantitative estimate of drug-likeness (QED) is 0.537. The van der Waals surface area contributed by atoms with Gasteiger partial charge in [0.25, 0.3) is 0 Å². The molecule has 0 aliphatic carbocycles. The van der Waals surface area contributed by atoms with Crippen LogP contribution in [0.2, 0.25) is 10.0 Å². The normalized spacial score (nSPS) is 11.2. The van der Waals surface area contributed by atoms with Gasteiger partial charge in [-0.25, -0.2) is 0 Å². The van der Waals surface area contributed by atoms with Crippen LogP contribution < -0.4 is 4.74 Å². The van der Waals surface area contributed by atoms with E-state index in [2.05, 4.69) is 15.3 Å². The molecule has 1 aromatic carbocycles. The number of nitrogens with zero attached hydrogens (tertiary/aromatic N) is 4. The van der Waals surface area contributed by atoms with E-state index in [4.69, 9.17) is 32.4 Å². The average molecular weight is 367 g/mol. The lowest BCUT2D eigenvalue weighted by atomic mass is 10.3. The van der Waals surface area contributed by atoms with Gasteiger partial charge in [0.05, 0.1) is 11.3 Å². The molecule has 0 N–H and O–H groups in total. The zero-order valence-electron chi connectivity index (χ0n) is 11.4. The molecule has 4 aromatic rings. The fourth-order valence-electron chi connectivity index (χ4n) is 1.98. The summed E-state index contributed by atoms with van der Waals surface area (Å²) in [4.78, 5) is 0.664. The van der Waals surface area contributed by atoms with Crippen molar-refractivity contribution in [2.45, 2.75) is 6.61 Å². The first-order chi connectivity index (χ1) is 11.2. The van der Waals surface area contributed by atoms with E-state index in [1.807, 2.05) is 12.1 Å². The van der Waals surface area contributed by atoms with Gasteiger partial charge in [-0.15, -0.1) is 15.3 Å². The molecule has 0 aliphatic rings. The van der Waals surface area contributed by atoms with Crippen molar-refractivity contribution in [3.63, 3.8) is 0 Å². The van der Waals surface area contributed by atoms with Crippen LogP contribution >= 0.6 is 34.5 Å². The van der Waals surface area contributed by atoms with Crippen molar-refractivity contribution in [3.8, 4) is 16.5 Å². The summed E-state index contributed by atoms with van der Waals surface area (Å²) in [5.41, 5.74) is 0. The maximum absolute atomic E-state index is 6.08. The van der Waals surface area contributed by atoms with Gasteiger partial charge in [0, 0.05) is 5.02 Å². The Hall–Kier alpha value is -2.09. The highest BCUT2D eigenvalue weighted by Crippen LogP contribution is 2.29. The van der Waals surface area contributed by atoms with Crippen molar-refractivity contribution in [2.75, 3.05) is 0 Å². The predicted octanol–water partition coefficient (Wildman–Crippen LogP) is 4.33. The maximum atomic E-state index is 6.08. The molecule has 0 atom stereocenters. The number of halogens is 2. The third kappa shape index (κ3) is 2.78. The van der Waals surface area contributed by atoms with E-state index < -0.39 is 0 Å². The summed E-state index contributed by atoms with van der Waals surface area (Å²) in [6.07, 6.45) is 1.60. The van der Waals surface area contributed by atoms with Crippen LogP contribution in [0, 0.1) is 0 Å². The van der Waals surface area contributed by atoms with Crippen molar-refractivity contribution in [1.29, 1.82) is 0 Å². The van der Waals surface area contributed by atoms with Crippen LogP contribution in [-0.4, -0.2) is 19.8 Å². The molecule has 23 heavy (non-hydrogen) atoms. The summed E-state index contributed by atoms with van der Waals surface area (Å²) < 4.78 is 12.6. The van der Waals surface area contributed by atoms with Crippen molar-refractivity contribution < 1.29 is 9.15 Å². The lowest BCUT2D eigenvalue weighted by Gasteiger charge is -2.06. The molecule has 0 unspecified atom stereocenters. The fraction of sp³-hybridized carbons (Fsp3) is 0.0714. The van der Waals surface area contributed by atoms with Crippen molar-refractivity contribution >= 4 is 39.5 Å². The summed E-state index contributed by atoms with van der Waals surface area (Å²) in [6.45, 7) is 0.184. The van der Waals surface area contributed by atoms with Crippen LogP contribution in [0.3, 0.4) is 0 Å². The second-order valence-electron chi connectivity index (χ2n) is 4.56. The molecule has 3 aromatic heterocycles. The van der Waals surface area contributed by atoms with E-state index >= 15 is 0 Å². The number of ether oxygens (including phenoxy) is 1. The fourth-order valence-corrected chi connectivity index (χ4v) is 3.27. The van der Waals surface area contributed by atoms with Gasteiger partial charge in [-0.3, -0.25) is 0 Å². The average Bonchev–Trinajstić information content (AvgIpc) is 3.23. The van der Waals surface area contributed by atoms with Gasteiger partial charge in [-0.1, -0.05) is 34.5 Å². The molecular formula is C14H8Cl2N4O2S. The van der Waals surface area contributed by atoms with Crippen LogP contribution in [0.15, 0.2) is 41.0 Å². The number of benzene rings is 1. The number of hydrogen-bond acceptors (Lipinski definition) is 6. The SMILES string of the molecule is Clc1ccc(OCc2nnc3sc(-c4ccco4)nn23)c(Cl)c1. The molecule has 116 valence electrons. The number of fused-ring (bicyclic) bond motifs is 1. The Kier molecular flexibility index (Phi) is 3.68. The molecule has 4 rings (SSSR count). The van der Waals surface area contributed by atoms with Gasteiger partial charge in [0.15, 0.2) is 16.6 Å². The summed E-state index contributed by atoms with van der Waals surface area (Å²) in [6, 6.07) is 8.69. The van der Waals surface area contributed by atoms with Crippen LogP contribution in [0.5, 0.6) is 5.75 Å².